The van der Waals surface area contributed by atoms with Gasteiger partial charge in [-0.05, 0) is 13.0 Å². The molecule has 0 saturated heterocycles. The molecule has 2 N–H and O–H groups in total. The van der Waals surface area contributed by atoms with Gasteiger partial charge in [0.15, 0.2) is 5.13 Å². The van der Waals surface area contributed by atoms with Crippen molar-refractivity contribution >= 4 is 16.5 Å². The topological polar surface area (TPSA) is 42.1 Å². The summed E-state index contributed by atoms with van der Waals surface area (Å²) < 4.78 is 0. The number of nitrogen functional groups attached to an aromatic ring is 1. The molecular weight excluding hydrogens is 206 g/mol. The predicted molar refractivity (Wildman–Crippen MR) is 67.2 cm³/mol. The van der Waals surface area contributed by atoms with Crippen LogP contribution in [-0.4, -0.2) is 29.5 Å². The van der Waals surface area contributed by atoms with E-state index in [1.165, 1.54) is 17.8 Å². The van der Waals surface area contributed by atoms with E-state index >= 15 is 0 Å². The molecule has 4 heteroatoms. The van der Waals surface area contributed by atoms with Gasteiger partial charge in [-0.2, -0.15) is 0 Å². The number of rotatable bonds is 7. The summed E-state index contributed by atoms with van der Waals surface area (Å²) in [5.41, 5.74) is 6.68. The van der Waals surface area contributed by atoms with E-state index in [1.807, 2.05) is 11.5 Å². The number of anilines is 1. The van der Waals surface area contributed by atoms with Crippen LogP contribution in [0.1, 0.15) is 19.0 Å². The lowest BCUT2D eigenvalue weighted by molar-refractivity contribution is 0.306. The van der Waals surface area contributed by atoms with Crippen LogP contribution < -0.4 is 5.73 Å². The molecule has 0 aliphatic carbocycles. The van der Waals surface area contributed by atoms with Crippen LogP contribution in [0.15, 0.2) is 18.0 Å². The highest BCUT2D eigenvalue weighted by atomic mass is 32.1. The highest BCUT2D eigenvalue weighted by Crippen LogP contribution is 2.11. The first kappa shape index (κ1) is 12.2. The second kappa shape index (κ2) is 6.58. The van der Waals surface area contributed by atoms with Gasteiger partial charge in [0, 0.05) is 24.9 Å². The fourth-order valence-electron chi connectivity index (χ4n) is 1.50. The van der Waals surface area contributed by atoms with Crippen molar-refractivity contribution in [3.63, 3.8) is 0 Å². The molecule has 1 rings (SSSR count). The second-order valence-electron chi connectivity index (χ2n) is 3.52. The van der Waals surface area contributed by atoms with E-state index in [2.05, 4.69) is 23.4 Å². The lowest BCUT2D eigenvalue weighted by Gasteiger charge is -2.18. The predicted octanol–water partition coefficient (Wildman–Crippen LogP) is 2.17. The van der Waals surface area contributed by atoms with Crippen molar-refractivity contribution in [1.82, 2.24) is 9.88 Å². The summed E-state index contributed by atoms with van der Waals surface area (Å²) in [6.45, 7) is 9.06. The molecule has 1 aromatic rings. The van der Waals surface area contributed by atoms with Crippen LogP contribution in [0.2, 0.25) is 0 Å². The van der Waals surface area contributed by atoms with Crippen molar-refractivity contribution in [2.75, 3.05) is 25.4 Å². The minimum atomic E-state index is 0.663. The molecule has 1 heterocycles. The Labute approximate surface area is 95.6 Å². The molecule has 0 aromatic carbocycles. The van der Waals surface area contributed by atoms with E-state index in [0.29, 0.717) is 5.13 Å². The van der Waals surface area contributed by atoms with Crippen LogP contribution in [0.3, 0.4) is 0 Å². The van der Waals surface area contributed by atoms with Gasteiger partial charge in [-0.1, -0.05) is 13.0 Å². The molecule has 0 amide bonds. The summed E-state index contributed by atoms with van der Waals surface area (Å²) in [5.74, 6) is 0. The normalized spacial score (nSPS) is 10.8. The third kappa shape index (κ3) is 4.44. The Hall–Kier alpha value is -0.870. The number of hydrogen-bond acceptors (Lipinski definition) is 4. The molecule has 0 saturated carbocycles. The SMILES string of the molecule is C=CCN(CCC)CCc1csc(N)n1. The average Bonchev–Trinajstić information content (AvgIpc) is 2.61. The fourth-order valence-corrected chi connectivity index (χ4v) is 2.10. The van der Waals surface area contributed by atoms with E-state index in [4.69, 9.17) is 5.73 Å². The second-order valence-corrected chi connectivity index (χ2v) is 4.41. The molecule has 0 aliphatic rings. The molecule has 15 heavy (non-hydrogen) atoms. The first-order valence-corrected chi connectivity index (χ1v) is 6.17. The minimum absolute atomic E-state index is 0.663. The molecule has 84 valence electrons. The highest BCUT2D eigenvalue weighted by Gasteiger charge is 2.04. The maximum atomic E-state index is 5.58. The molecule has 0 bridgehead atoms. The van der Waals surface area contributed by atoms with Gasteiger partial charge in [-0.3, -0.25) is 4.90 Å². The zero-order chi connectivity index (χ0) is 11.1. The number of thiazole rings is 1. The van der Waals surface area contributed by atoms with Gasteiger partial charge >= 0.3 is 0 Å². The average molecular weight is 225 g/mol. The van der Waals surface area contributed by atoms with E-state index in [1.54, 1.807) is 0 Å². The van der Waals surface area contributed by atoms with Gasteiger partial charge in [0.05, 0.1) is 5.69 Å². The lowest BCUT2D eigenvalue weighted by Crippen LogP contribution is -2.27. The number of aromatic nitrogens is 1. The van der Waals surface area contributed by atoms with Gasteiger partial charge in [-0.15, -0.1) is 17.9 Å². The quantitative estimate of drug-likeness (QED) is 0.723. The molecule has 0 unspecified atom stereocenters. The molecule has 0 spiro atoms. The zero-order valence-corrected chi connectivity index (χ0v) is 10.1. The Morgan fingerprint density at radius 3 is 2.93 bits per heavy atom. The number of nitrogens with zero attached hydrogens (tertiary/aromatic N) is 2. The fraction of sp³-hybridized carbons (Fsp3) is 0.545. The van der Waals surface area contributed by atoms with E-state index in [0.717, 1.165) is 31.7 Å². The minimum Gasteiger partial charge on any atom is -0.375 e. The first-order chi connectivity index (χ1) is 7.26. The smallest absolute Gasteiger partial charge is 0.180 e. The highest BCUT2D eigenvalue weighted by molar-refractivity contribution is 7.13. The van der Waals surface area contributed by atoms with Crippen LogP contribution in [0.4, 0.5) is 5.13 Å². The van der Waals surface area contributed by atoms with Crippen molar-refractivity contribution in [2.45, 2.75) is 19.8 Å². The molecule has 1 aromatic heterocycles. The lowest BCUT2D eigenvalue weighted by atomic mass is 10.3. The molecule has 0 radical (unpaired) electrons. The Kier molecular flexibility index (Phi) is 5.36. The zero-order valence-electron chi connectivity index (χ0n) is 9.28. The Balaban J connectivity index is 2.35. The monoisotopic (exact) mass is 225 g/mol. The Morgan fingerprint density at radius 1 is 1.60 bits per heavy atom. The van der Waals surface area contributed by atoms with Crippen molar-refractivity contribution in [3.05, 3.63) is 23.7 Å². The van der Waals surface area contributed by atoms with Gasteiger partial charge in [0.2, 0.25) is 0 Å². The van der Waals surface area contributed by atoms with Gasteiger partial charge in [0.25, 0.3) is 0 Å². The van der Waals surface area contributed by atoms with E-state index in [-0.39, 0.29) is 0 Å². The molecule has 3 nitrogen and oxygen atoms in total. The standard InChI is InChI=1S/C11H19N3S/c1-3-6-14(7-4-2)8-5-10-9-15-11(12)13-10/h3,9H,1,4-8H2,2H3,(H2,12,13). The summed E-state index contributed by atoms with van der Waals surface area (Å²) >= 11 is 1.51. The Bertz CT molecular complexity index is 296. The van der Waals surface area contributed by atoms with Crippen molar-refractivity contribution in [3.8, 4) is 0 Å². The summed E-state index contributed by atoms with van der Waals surface area (Å²) in [7, 11) is 0. The molecule has 0 fully saturated rings. The van der Waals surface area contributed by atoms with Crippen molar-refractivity contribution in [2.24, 2.45) is 0 Å². The largest absolute Gasteiger partial charge is 0.375 e. The molecule has 0 atom stereocenters. The van der Waals surface area contributed by atoms with Crippen molar-refractivity contribution < 1.29 is 0 Å². The van der Waals surface area contributed by atoms with Crippen LogP contribution in [0, 0.1) is 0 Å². The number of hydrogen-bond donors (Lipinski definition) is 1. The third-order valence-corrected chi connectivity index (χ3v) is 2.90. The van der Waals surface area contributed by atoms with E-state index in [9.17, 15) is 0 Å². The summed E-state index contributed by atoms with van der Waals surface area (Å²) in [4.78, 5) is 6.62. The third-order valence-electron chi connectivity index (χ3n) is 2.18. The molecule has 0 aliphatic heterocycles. The van der Waals surface area contributed by atoms with Crippen LogP contribution >= 0.6 is 11.3 Å². The first-order valence-electron chi connectivity index (χ1n) is 5.29. The summed E-state index contributed by atoms with van der Waals surface area (Å²) in [6.07, 6.45) is 4.10. The number of nitrogens with two attached hydrogens (primary N) is 1. The van der Waals surface area contributed by atoms with Gasteiger partial charge < -0.3 is 5.73 Å². The van der Waals surface area contributed by atoms with Gasteiger partial charge in [-0.25, -0.2) is 4.98 Å². The van der Waals surface area contributed by atoms with Gasteiger partial charge in [0.1, 0.15) is 0 Å². The van der Waals surface area contributed by atoms with E-state index < -0.39 is 0 Å². The van der Waals surface area contributed by atoms with Crippen molar-refractivity contribution in [1.29, 1.82) is 0 Å². The summed E-state index contributed by atoms with van der Waals surface area (Å²) in [6, 6.07) is 0. The summed E-state index contributed by atoms with van der Waals surface area (Å²) in [5, 5.41) is 2.70. The maximum Gasteiger partial charge on any atom is 0.180 e. The van der Waals surface area contributed by atoms with Crippen LogP contribution in [0.25, 0.3) is 0 Å². The maximum absolute atomic E-state index is 5.58. The Morgan fingerprint density at radius 2 is 2.40 bits per heavy atom. The van der Waals surface area contributed by atoms with Crippen LogP contribution in [0.5, 0.6) is 0 Å². The van der Waals surface area contributed by atoms with Crippen LogP contribution in [-0.2, 0) is 6.42 Å². The molecular formula is C11H19N3S.